The predicted molar refractivity (Wildman–Crippen MR) is 91.7 cm³/mol. The Labute approximate surface area is 151 Å². The summed E-state index contributed by atoms with van der Waals surface area (Å²) in [6.45, 7) is 2.96. The highest BCUT2D eigenvalue weighted by atomic mass is 19.3. The summed E-state index contributed by atoms with van der Waals surface area (Å²) >= 11 is 0. The summed E-state index contributed by atoms with van der Waals surface area (Å²) in [6.07, 6.45) is 0.425. The molecule has 0 spiro atoms. The first-order chi connectivity index (χ1) is 12.1. The first-order valence-electron chi connectivity index (χ1n) is 8.81. The van der Waals surface area contributed by atoms with E-state index in [1.165, 1.54) is 18.7 Å². The molecule has 1 aromatic carbocycles. The number of aliphatic carboxylic acids is 1. The number of likely N-dealkylation sites (tertiary alicyclic amines) is 2. The quantitative estimate of drug-likeness (QED) is 0.832. The molecule has 2 aliphatic rings. The number of carboxylic acids is 1. The average Bonchev–Trinajstić information content (AvgIpc) is 2.85. The number of piperidine rings is 1. The van der Waals surface area contributed by atoms with Crippen molar-refractivity contribution >= 4 is 11.9 Å². The van der Waals surface area contributed by atoms with E-state index in [2.05, 4.69) is 0 Å². The lowest BCUT2D eigenvalue weighted by atomic mass is 9.86. The SMILES string of the molecule is CC(C)(C(=O)O)C(=O)N1CCC2C(C1)C(F)(F)CN2Cc1ccccc1. The molecule has 2 saturated heterocycles. The third-order valence-electron chi connectivity index (χ3n) is 5.59. The van der Waals surface area contributed by atoms with Crippen LogP contribution in [0.4, 0.5) is 8.78 Å². The molecule has 2 atom stereocenters. The number of benzene rings is 1. The summed E-state index contributed by atoms with van der Waals surface area (Å²) in [5, 5.41) is 9.23. The third kappa shape index (κ3) is 3.32. The van der Waals surface area contributed by atoms with Gasteiger partial charge in [-0.05, 0) is 25.8 Å². The second kappa shape index (κ2) is 6.61. The fourth-order valence-corrected chi connectivity index (χ4v) is 3.96. The van der Waals surface area contributed by atoms with E-state index >= 15 is 0 Å². The maximum absolute atomic E-state index is 14.6. The van der Waals surface area contributed by atoms with Crippen LogP contribution in [0.25, 0.3) is 0 Å². The van der Waals surface area contributed by atoms with Crippen LogP contribution in [0.5, 0.6) is 0 Å². The Balaban J connectivity index is 1.74. The molecule has 2 fully saturated rings. The second-order valence-corrected chi connectivity index (χ2v) is 7.80. The molecule has 0 saturated carbocycles. The highest BCUT2D eigenvalue weighted by Crippen LogP contribution is 2.43. The number of rotatable bonds is 4. The Morgan fingerprint density at radius 1 is 1.27 bits per heavy atom. The van der Waals surface area contributed by atoms with Crippen LogP contribution in [-0.4, -0.2) is 58.4 Å². The minimum Gasteiger partial charge on any atom is -0.480 e. The number of halogens is 2. The maximum atomic E-state index is 14.6. The van der Waals surface area contributed by atoms with Crippen LogP contribution in [0.3, 0.4) is 0 Å². The molecule has 1 amide bonds. The van der Waals surface area contributed by atoms with E-state index in [9.17, 15) is 23.5 Å². The largest absolute Gasteiger partial charge is 0.480 e. The fourth-order valence-electron chi connectivity index (χ4n) is 3.96. The molecule has 2 aliphatic heterocycles. The minimum atomic E-state index is -2.90. The van der Waals surface area contributed by atoms with Crippen molar-refractivity contribution in [3.63, 3.8) is 0 Å². The molecule has 7 heteroatoms. The van der Waals surface area contributed by atoms with Gasteiger partial charge in [0.15, 0.2) is 0 Å². The van der Waals surface area contributed by atoms with Crippen molar-refractivity contribution in [2.24, 2.45) is 11.3 Å². The number of carbonyl (C=O) groups excluding carboxylic acids is 1. The van der Waals surface area contributed by atoms with E-state index in [0.29, 0.717) is 19.5 Å². The normalized spacial score (nSPS) is 25.8. The minimum absolute atomic E-state index is 0.0987. The second-order valence-electron chi connectivity index (χ2n) is 7.80. The lowest BCUT2D eigenvalue weighted by Gasteiger charge is -2.40. The summed E-state index contributed by atoms with van der Waals surface area (Å²) < 4.78 is 29.3. The van der Waals surface area contributed by atoms with E-state index in [4.69, 9.17) is 0 Å². The van der Waals surface area contributed by atoms with E-state index in [0.717, 1.165) is 5.56 Å². The van der Waals surface area contributed by atoms with E-state index in [-0.39, 0.29) is 19.1 Å². The maximum Gasteiger partial charge on any atom is 0.318 e. The summed E-state index contributed by atoms with van der Waals surface area (Å²) in [7, 11) is 0. The molecule has 26 heavy (non-hydrogen) atoms. The van der Waals surface area contributed by atoms with Crippen LogP contribution in [-0.2, 0) is 16.1 Å². The summed E-state index contributed by atoms with van der Waals surface area (Å²) in [6, 6.07) is 9.19. The van der Waals surface area contributed by atoms with Gasteiger partial charge in [0, 0.05) is 25.7 Å². The van der Waals surface area contributed by atoms with Gasteiger partial charge in [0.05, 0.1) is 12.5 Å². The number of hydrogen-bond donors (Lipinski definition) is 1. The molecule has 2 unspecified atom stereocenters. The van der Waals surface area contributed by atoms with E-state index in [1.54, 1.807) is 4.90 Å². The summed E-state index contributed by atoms with van der Waals surface area (Å²) in [4.78, 5) is 26.9. The van der Waals surface area contributed by atoms with Gasteiger partial charge in [-0.25, -0.2) is 8.78 Å². The molecule has 1 aromatic rings. The molecule has 142 valence electrons. The molecular weight excluding hydrogens is 342 g/mol. The molecule has 0 aliphatic carbocycles. The zero-order chi connectivity index (χ0) is 19.1. The summed E-state index contributed by atoms with van der Waals surface area (Å²) in [5.41, 5.74) is -0.626. The first kappa shape index (κ1) is 18.8. The Kier molecular flexibility index (Phi) is 4.77. The molecule has 3 rings (SSSR count). The van der Waals surface area contributed by atoms with Crippen molar-refractivity contribution in [2.75, 3.05) is 19.6 Å². The smallest absolute Gasteiger partial charge is 0.318 e. The van der Waals surface area contributed by atoms with Gasteiger partial charge in [0.1, 0.15) is 5.41 Å². The van der Waals surface area contributed by atoms with Gasteiger partial charge in [0.25, 0.3) is 5.92 Å². The number of alkyl halides is 2. The van der Waals surface area contributed by atoms with Crippen molar-refractivity contribution in [3.05, 3.63) is 35.9 Å². The monoisotopic (exact) mass is 366 g/mol. The van der Waals surface area contributed by atoms with E-state index in [1.807, 2.05) is 30.3 Å². The predicted octanol–water partition coefficient (Wildman–Crippen LogP) is 2.47. The zero-order valence-electron chi connectivity index (χ0n) is 15.0. The van der Waals surface area contributed by atoms with Gasteiger partial charge in [-0.15, -0.1) is 0 Å². The number of carboxylic acid groups (broad SMARTS) is 1. The molecular formula is C19H24F2N2O3. The van der Waals surface area contributed by atoms with Gasteiger partial charge >= 0.3 is 5.97 Å². The summed E-state index contributed by atoms with van der Waals surface area (Å²) in [5.74, 6) is -5.70. The Hall–Kier alpha value is -2.02. The van der Waals surface area contributed by atoms with Gasteiger partial charge < -0.3 is 10.0 Å². The first-order valence-corrected chi connectivity index (χ1v) is 8.81. The average molecular weight is 366 g/mol. The van der Waals surface area contributed by atoms with Crippen LogP contribution in [0, 0.1) is 11.3 Å². The fraction of sp³-hybridized carbons (Fsp3) is 0.579. The lowest BCUT2D eigenvalue weighted by Crippen LogP contribution is -2.54. The van der Waals surface area contributed by atoms with Crippen molar-refractivity contribution in [3.8, 4) is 0 Å². The van der Waals surface area contributed by atoms with Crippen LogP contribution >= 0.6 is 0 Å². The van der Waals surface area contributed by atoms with Crippen molar-refractivity contribution < 1.29 is 23.5 Å². The van der Waals surface area contributed by atoms with Crippen molar-refractivity contribution in [1.29, 1.82) is 0 Å². The molecule has 5 nitrogen and oxygen atoms in total. The van der Waals surface area contributed by atoms with Gasteiger partial charge in [-0.3, -0.25) is 14.5 Å². The Morgan fingerprint density at radius 2 is 1.92 bits per heavy atom. The molecule has 0 radical (unpaired) electrons. The van der Waals surface area contributed by atoms with E-state index < -0.39 is 29.1 Å². The van der Waals surface area contributed by atoms with Crippen LogP contribution in [0.2, 0.25) is 0 Å². The molecule has 2 heterocycles. The van der Waals surface area contributed by atoms with Crippen LogP contribution < -0.4 is 0 Å². The third-order valence-corrected chi connectivity index (χ3v) is 5.59. The highest BCUT2D eigenvalue weighted by Gasteiger charge is 2.57. The van der Waals surface area contributed by atoms with Gasteiger partial charge in [-0.1, -0.05) is 30.3 Å². The number of amides is 1. The van der Waals surface area contributed by atoms with Crippen molar-refractivity contribution in [2.45, 2.75) is 38.8 Å². The topological polar surface area (TPSA) is 60.9 Å². The molecule has 0 bridgehead atoms. The number of carbonyl (C=O) groups is 2. The molecule has 0 aromatic heterocycles. The lowest BCUT2D eigenvalue weighted by molar-refractivity contribution is -0.160. The van der Waals surface area contributed by atoms with Gasteiger partial charge in [-0.2, -0.15) is 0 Å². The van der Waals surface area contributed by atoms with Gasteiger partial charge in [0.2, 0.25) is 5.91 Å². The van der Waals surface area contributed by atoms with Crippen molar-refractivity contribution in [1.82, 2.24) is 9.80 Å². The number of hydrogen-bond acceptors (Lipinski definition) is 3. The highest BCUT2D eigenvalue weighted by molar-refractivity contribution is 6.01. The Bertz CT molecular complexity index is 693. The number of nitrogens with zero attached hydrogens (tertiary/aromatic N) is 2. The Morgan fingerprint density at radius 3 is 2.54 bits per heavy atom. The van der Waals surface area contributed by atoms with Crippen LogP contribution in [0.1, 0.15) is 25.8 Å². The van der Waals surface area contributed by atoms with Crippen LogP contribution in [0.15, 0.2) is 30.3 Å². The number of fused-ring (bicyclic) bond motifs is 1. The standard InChI is InChI=1S/C19H24F2N2O3/c1-18(2,17(25)26)16(24)22-9-8-15-14(11-22)19(20,21)12-23(15)10-13-6-4-3-5-7-13/h3-7,14-15H,8-12H2,1-2H3,(H,25,26). The zero-order valence-corrected chi connectivity index (χ0v) is 15.0. The molecule has 1 N–H and O–H groups in total.